The van der Waals surface area contributed by atoms with E-state index in [4.69, 9.17) is 10.8 Å². The van der Waals surface area contributed by atoms with Gasteiger partial charge in [0.15, 0.2) is 0 Å². The van der Waals surface area contributed by atoms with E-state index in [0.717, 1.165) is 0 Å². The molecule has 0 aliphatic rings. The molecule has 0 bridgehead atoms. The minimum atomic E-state index is -1.53. The molecule has 0 aliphatic heterocycles. The van der Waals surface area contributed by atoms with E-state index in [2.05, 4.69) is 0 Å². The molecule has 1 rings (SSSR count). The standard InChI is InChI=1S/C9H10FNO2/c10-7(5-9(12)13)6-3-1-2-4-8(6)11/h1-4,7H,5,11H2,(H,12,13). The second-order valence-corrected chi connectivity index (χ2v) is 2.69. The summed E-state index contributed by atoms with van der Waals surface area (Å²) in [5, 5.41) is 8.36. The summed E-state index contributed by atoms with van der Waals surface area (Å²) >= 11 is 0. The molecule has 0 aliphatic carbocycles. The number of halogens is 1. The molecule has 0 radical (unpaired) electrons. The number of carbonyl (C=O) groups is 1. The zero-order valence-electron chi connectivity index (χ0n) is 6.90. The number of anilines is 1. The molecular weight excluding hydrogens is 173 g/mol. The number of hydrogen-bond donors (Lipinski definition) is 2. The molecule has 0 fully saturated rings. The fourth-order valence-corrected chi connectivity index (χ4v) is 1.06. The van der Waals surface area contributed by atoms with E-state index < -0.39 is 18.6 Å². The minimum Gasteiger partial charge on any atom is -0.481 e. The summed E-state index contributed by atoms with van der Waals surface area (Å²) < 4.78 is 13.2. The van der Waals surface area contributed by atoms with Gasteiger partial charge < -0.3 is 10.8 Å². The molecule has 0 amide bonds. The summed E-state index contributed by atoms with van der Waals surface area (Å²) in [5.41, 5.74) is 5.99. The van der Waals surface area contributed by atoms with Gasteiger partial charge in [-0.3, -0.25) is 4.79 Å². The molecule has 0 heterocycles. The van der Waals surface area contributed by atoms with Crippen molar-refractivity contribution in [1.82, 2.24) is 0 Å². The van der Waals surface area contributed by atoms with Gasteiger partial charge >= 0.3 is 5.97 Å². The number of carboxylic acid groups (broad SMARTS) is 1. The van der Waals surface area contributed by atoms with Crippen LogP contribution in [0.15, 0.2) is 24.3 Å². The van der Waals surface area contributed by atoms with Gasteiger partial charge in [0.05, 0.1) is 6.42 Å². The molecule has 70 valence electrons. The number of alkyl halides is 1. The zero-order valence-corrected chi connectivity index (χ0v) is 6.90. The fourth-order valence-electron chi connectivity index (χ4n) is 1.06. The number of rotatable bonds is 3. The lowest BCUT2D eigenvalue weighted by molar-refractivity contribution is -0.138. The number of nitrogen functional groups attached to an aromatic ring is 1. The number of para-hydroxylation sites is 1. The lowest BCUT2D eigenvalue weighted by Gasteiger charge is -2.07. The maximum Gasteiger partial charge on any atom is 0.306 e. The van der Waals surface area contributed by atoms with Crippen molar-refractivity contribution in [2.75, 3.05) is 5.73 Å². The SMILES string of the molecule is Nc1ccccc1C(F)CC(=O)O. The summed E-state index contributed by atoms with van der Waals surface area (Å²) in [5.74, 6) is -1.17. The van der Waals surface area contributed by atoms with Gasteiger partial charge in [0.25, 0.3) is 0 Å². The molecule has 0 saturated carbocycles. The molecular formula is C9H10FNO2. The Hall–Kier alpha value is -1.58. The van der Waals surface area contributed by atoms with Crippen molar-refractivity contribution in [3.8, 4) is 0 Å². The van der Waals surface area contributed by atoms with E-state index in [1.54, 1.807) is 18.2 Å². The zero-order chi connectivity index (χ0) is 9.84. The number of hydrogen-bond acceptors (Lipinski definition) is 2. The number of carboxylic acids is 1. The highest BCUT2D eigenvalue weighted by atomic mass is 19.1. The number of nitrogens with two attached hydrogens (primary N) is 1. The first kappa shape index (κ1) is 9.51. The molecule has 0 aromatic heterocycles. The van der Waals surface area contributed by atoms with Crippen molar-refractivity contribution >= 4 is 11.7 Å². The van der Waals surface area contributed by atoms with Gasteiger partial charge in [-0.05, 0) is 6.07 Å². The van der Waals surface area contributed by atoms with Crippen LogP contribution in [-0.2, 0) is 4.79 Å². The van der Waals surface area contributed by atoms with Crippen LogP contribution >= 0.6 is 0 Å². The number of benzene rings is 1. The second-order valence-electron chi connectivity index (χ2n) is 2.69. The average molecular weight is 183 g/mol. The highest BCUT2D eigenvalue weighted by Crippen LogP contribution is 2.25. The normalized spacial score (nSPS) is 12.4. The third-order valence-electron chi connectivity index (χ3n) is 1.69. The first-order valence-corrected chi connectivity index (χ1v) is 3.81. The topological polar surface area (TPSA) is 63.3 Å². The third-order valence-corrected chi connectivity index (χ3v) is 1.69. The molecule has 1 aromatic carbocycles. The van der Waals surface area contributed by atoms with Crippen LogP contribution in [0.1, 0.15) is 18.2 Å². The van der Waals surface area contributed by atoms with Crippen LogP contribution in [0.2, 0.25) is 0 Å². The predicted octanol–water partition coefficient (Wildman–Crippen LogP) is 1.75. The summed E-state index contributed by atoms with van der Waals surface area (Å²) in [6.45, 7) is 0. The highest BCUT2D eigenvalue weighted by Gasteiger charge is 2.15. The first-order valence-electron chi connectivity index (χ1n) is 3.81. The molecule has 13 heavy (non-hydrogen) atoms. The van der Waals surface area contributed by atoms with Crippen LogP contribution < -0.4 is 5.73 Å². The van der Waals surface area contributed by atoms with Gasteiger partial charge in [0, 0.05) is 11.3 Å². The Bertz CT molecular complexity index is 314. The third kappa shape index (κ3) is 2.43. The fraction of sp³-hybridized carbons (Fsp3) is 0.222. The average Bonchev–Trinajstić information content (AvgIpc) is 2.03. The molecule has 0 saturated heterocycles. The van der Waals surface area contributed by atoms with Crippen molar-refractivity contribution < 1.29 is 14.3 Å². The van der Waals surface area contributed by atoms with Crippen LogP contribution in [-0.4, -0.2) is 11.1 Å². The molecule has 1 atom stereocenters. The Kier molecular flexibility index (Phi) is 2.84. The summed E-state index contributed by atoms with van der Waals surface area (Å²) in [4.78, 5) is 10.2. The molecule has 3 nitrogen and oxygen atoms in total. The summed E-state index contributed by atoms with van der Waals surface area (Å²) in [6, 6.07) is 6.33. The largest absolute Gasteiger partial charge is 0.481 e. The number of aliphatic carboxylic acids is 1. The van der Waals surface area contributed by atoms with E-state index in [9.17, 15) is 9.18 Å². The maximum atomic E-state index is 13.2. The van der Waals surface area contributed by atoms with Crippen molar-refractivity contribution in [3.63, 3.8) is 0 Å². The Morgan fingerprint density at radius 2 is 2.15 bits per heavy atom. The second kappa shape index (κ2) is 3.89. The van der Waals surface area contributed by atoms with E-state index in [1.165, 1.54) is 6.07 Å². The predicted molar refractivity (Wildman–Crippen MR) is 47.0 cm³/mol. The van der Waals surface area contributed by atoms with Gasteiger partial charge in [-0.25, -0.2) is 4.39 Å². The Balaban J connectivity index is 2.82. The Labute approximate surface area is 75.0 Å². The first-order chi connectivity index (χ1) is 6.11. The van der Waals surface area contributed by atoms with Gasteiger partial charge in [0.2, 0.25) is 0 Å². The van der Waals surface area contributed by atoms with Gasteiger partial charge in [-0.1, -0.05) is 18.2 Å². The van der Waals surface area contributed by atoms with Gasteiger partial charge in [-0.2, -0.15) is 0 Å². The molecule has 1 aromatic rings. The van der Waals surface area contributed by atoms with Crippen LogP contribution in [0.5, 0.6) is 0 Å². The van der Waals surface area contributed by atoms with Crippen molar-refractivity contribution in [1.29, 1.82) is 0 Å². The van der Waals surface area contributed by atoms with Crippen LogP contribution in [0, 0.1) is 0 Å². The lowest BCUT2D eigenvalue weighted by atomic mass is 10.1. The Morgan fingerprint density at radius 3 is 2.69 bits per heavy atom. The summed E-state index contributed by atoms with van der Waals surface area (Å²) in [6.07, 6.45) is -2.08. The lowest BCUT2D eigenvalue weighted by Crippen LogP contribution is -2.04. The van der Waals surface area contributed by atoms with Crippen molar-refractivity contribution in [2.45, 2.75) is 12.6 Å². The van der Waals surface area contributed by atoms with Crippen molar-refractivity contribution in [2.24, 2.45) is 0 Å². The van der Waals surface area contributed by atoms with Crippen LogP contribution in [0.25, 0.3) is 0 Å². The highest BCUT2D eigenvalue weighted by molar-refractivity contribution is 5.68. The molecule has 3 N–H and O–H groups in total. The maximum absolute atomic E-state index is 13.2. The van der Waals surface area contributed by atoms with E-state index in [1.807, 2.05) is 0 Å². The van der Waals surface area contributed by atoms with Gasteiger partial charge in [-0.15, -0.1) is 0 Å². The van der Waals surface area contributed by atoms with Gasteiger partial charge in [0.1, 0.15) is 6.17 Å². The van der Waals surface area contributed by atoms with Crippen LogP contribution in [0.4, 0.5) is 10.1 Å². The quantitative estimate of drug-likeness (QED) is 0.702. The van der Waals surface area contributed by atoms with Crippen LogP contribution in [0.3, 0.4) is 0 Å². The molecule has 0 spiro atoms. The Morgan fingerprint density at radius 1 is 1.54 bits per heavy atom. The molecule has 1 unspecified atom stereocenters. The monoisotopic (exact) mass is 183 g/mol. The van der Waals surface area contributed by atoms with Crippen molar-refractivity contribution in [3.05, 3.63) is 29.8 Å². The minimum absolute atomic E-state index is 0.241. The smallest absolute Gasteiger partial charge is 0.306 e. The van der Waals surface area contributed by atoms with E-state index in [0.29, 0.717) is 0 Å². The summed E-state index contributed by atoms with van der Waals surface area (Å²) in [7, 11) is 0. The van der Waals surface area contributed by atoms with E-state index in [-0.39, 0.29) is 11.3 Å². The molecule has 4 heteroatoms. The van der Waals surface area contributed by atoms with E-state index >= 15 is 0 Å².